The van der Waals surface area contributed by atoms with Gasteiger partial charge in [0, 0.05) is 51.0 Å². The van der Waals surface area contributed by atoms with E-state index in [2.05, 4.69) is 24.8 Å². The number of pyridine rings is 4. The number of aromatic nitrogens is 4. The Bertz CT molecular complexity index is 1360. The fourth-order valence-electron chi connectivity index (χ4n) is 7.08. The smallest absolute Gasteiger partial charge is 0.184 e. The number of piperidine rings is 2. The van der Waals surface area contributed by atoms with Crippen molar-refractivity contribution < 1.29 is 20.4 Å². The quantitative estimate of drug-likeness (QED) is 0.238. The molecule has 6 rings (SSSR count). The highest BCUT2D eigenvalue weighted by molar-refractivity contribution is 5.31. The maximum Gasteiger partial charge on any atom is 0.184 e. The lowest BCUT2D eigenvalue weighted by Gasteiger charge is -2.70. The van der Waals surface area contributed by atoms with Crippen LogP contribution >= 0.6 is 0 Å². The molecule has 4 aromatic heterocycles. The molecule has 10 heteroatoms. The van der Waals surface area contributed by atoms with Crippen molar-refractivity contribution in [1.29, 1.82) is 0 Å². The first-order valence-electron chi connectivity index (χ1n) is 13.7. The zero-order valence-electron chi connectivity index (χ0n) is 22.6. The second-order valence-corrected chi connectivity index (χ2v) is 11.1. The lowest BCUT2D eigenvalue weighted by atomic mass is 9.51. The van der Waals surface area contributed by atoms with E-state index in [0.29, 0.717) is 24.5 Å². The summed E-state index contributed by atoms with van der Waals surface area (Å²) in [4.78, 5) is 22.6. The summed E-state index contributed by atoms with van der Waals surface area (Å²) in [7, 11) is 0. The topological polar surface area (TPSA) is 139 Å². The predicted molar refractivity (Wildman–Crippen MR) is 149 cm³/mol. The van der Waals surface area contributed by atoms with Gasteiger partial charge in [0.05, 0.1) is 58.9 Å². The standard InChI is InChI=1S/C31H34N6O4/c38-21-29-19-36(17-23-9-1-5-13-32-23)20-30(22-39,31(29,40)41)28(26-12-4-8-16-35-26)37(18-24-10-2-6-14-33-24)27(29)25-11-3-7-15-34-25/h1-16,27-28,38-41H,17-22H2. The van der Waals surface area contributed by atoms with Crippen LogP contribution in [0.25, 0.3) is 0 Å². The number of hydrogen-bond acceptors (Lipinski definition) is 10. The summed E-state index contributed by atoms with van der Waals surface area (Å²) in [6.07, 6.45) is 6.75. The second kappa shape index (κ2) is 11.0. The van der Waals surface area contributed by atoms with E-state index < -0.39 is 41.9 Å². The summed E-state index contributed by atoms with van der Waals surface area (Å²) in [5, 5.41) is 47.3. The highest BCUT2D eigenvalue weighted by Gasteiger charge is 2.76. The van der Waals surface area contributed by atoms with Crippen molar-refractivity contribution in [2.24, 2.45) is 10.8 Å². The zero-order valence-corrected chi connectivity index (χ0v) is 22.6. The first-order valence-corrected chi connectivity index (χ1v) is 13.7. The fraction of sp³-hybridized carbons (Fsp3) is 0.355. The van der Waals surface area contributed by atoms with E-state index in [1.165, 1.54) is 0 Å². The van der Waals surface area contributed by atoms with Crippen molar-refractivity contribution >= 4 is 0 Å². The molecule has 4 atom stereocenters. The van der Waals surface area contributed by atoms with Crippen LogP contribution in [0, 0.1) is 10.8 Å². The number of hydrogen-bond donors (Lipinski definition) is 4. The first kappa shape index (κ1) is 27.5. The minimum Gasteiger partial charge on any atom is -0.395 e. The van der Waals surface area contributed by atoms with Crippen LogP contribution in [0.1, 0.15) is 34.9 Å². The first-order chi connectivity index (χ1) is 20.0. The molecule has 2 fully saturated rings. The number of rotatable bonds is 8. The van der Waals surface area contributed by atoms with Crippen molar-refractivity contribution in [3.05, 3.63) is 120 Å². The molecule has 10 nitrogen and oxygen atoms in total. The van der Waals surface area contributed by atoms with E-state index in [0.717, 1.165) is 11.4 Å². The fourth-order valence-corrected chi connectivity index (χ4v) is 7.08. The summed E-state index contributed by atoms with van der Waals surface area (Å²) >= 11 is 0. The normalized spacial score (nSPS) is 27.9. The van der Waals surface area contributed by atoms with Gasteiger partial charge in [-0.3, -0.25) is 29.7 Å². The van der Waals surface area contributed by atoms with Crippen LogP contribution in [0.2, 0.25) is 0 Å². The van der Waals surface area contributed by atoms with E-state index in [9.17, 15) is 20.4 Å². The molecule has 0 aliphatic carbocycles. The SMILES string of the molecule is OCC12CN(Cc3ccccn3)CC(CO)(C(c3ccccn3)N(Cc3ccccn3)C1c1ccccn1)C2(O)O. The third kappa shape index (κ3) is 4.44. The molecule has 4 aromatic rings. The van der Waals surface area contributed by atoms with Gasteiger partial charge in [-0.2, -0.15) is 0 Å². The Balaban J connectivity index is 1.61. The molecule has 0 spiro atoms. The Hall–Kier alpha value is -3.64. The van der Waals surface area contributed by atoms with E-state index in [1.54, 1.807) is 36.9 Å². The predicted octanol–water partition coefficient (Wildman–Crippen LogP) is 1.72. The van der Waals surface area contributed by atoms with Gasteiger partial charge >= 0.3 is 0 Å². The summed E-state index contributed by atoms with van der Waals surface area (Å²) in [6, 6.07) is 20.7. The van der Waals surface area contributed by atoms with Crippen LogP contribution in [0.3, 0.4) is 0 Å². The summed E-state index contributed by atoms with van der Waals surface area (Å²) in [5.74, 6) is -2.52. The van der Waals surface area contributed by atoms with Crippen LogP contribution < -0.4 is 0 Å². The number of fused-ring (bicyclic) bond motifs is 2. The number of aliphatic hydroxyl groups excluding tert-OH is 2. The van der Waals surface area contributed by atoms with Gasteiger partial charge in [0.2, 0.25) is 0 Å². The van der Waals surface area contributed by atoms with Gasteiger partial charge in [-0.05, 0) is 48.5 Å². The van der Waals surface area contributed by atoms with Crippen LogP contribution in [-0.4, -0.2) is 82.3 Å². The molecule has 0 radical (unpaired) electrons. The number of likely N-dealkylation sites (tertiary alicyclic amines) is 2. The van der Waals surface area contributed by atoms with Crippen molar-refractivity contribution in [1.82, 2.24) is 29.7 Å². The Kier molecular flexibility index (Phi) is 7.37. The van der Waals surface area contributed by atoms with Gasteiger partial charge in [0.25, 0.3) is 0 Å². The van der Waals surface area contributed by atoms with Crippen LogP contribution in [0.4, 0.5) is 0 Å². The van der Waals surface area contributed by atoms with E-state index >= 15 is 0 Å². The molecule has 2 saturated heterocycles. The van der Waals surface area contributed by atoms with Crippen LogP contribution in [0.5, 0.6) is 0 Å². The molecular formula is C31H34N6O4. The molecule has 6 heterocycles. The van der Waals surface area contributed by atoms with E-state index in [4.69, 9.17) is 0 Å². The minimum absolute atomic E-state index is 0.115. The minimum atomic E-state index is -2.52. The molecule has 4 unspecified atom stereocenters. The van der Waals surface area contributed by atoms with Gasteiger partial charge in [0.15, 0.2) is 5.79 Å². The largest absolute Gasteiger partial charge is 0.395 e. The molecule has 41 heavy (non-hydrogen) atoms. The maximum absolute atomic E-state index is 12.4. The number of aliphatic hydroxyl groups is 4. The van der Waals surface area contributed by atoms with Gasteiger partial charge in [-0.25, -0.2) is 0 Å². The summed E-state index contributed by atoms with van der Waals surface area (Å²) in [5.41, 5.74) is -0.463. The lowest BCUT2D eigenvalue weighted by Crippen LogP contribution is -2.81. The van der Waals surface area contributed by atoms with Crippen molar-refractivity contribution in [3.63, 3.8) is 0 Å². The highest BCUT2D eigenvalue weighted by Crippen LogP contribution is 2.66. The van der Waals surface area contributed by atoms with Gasteiger partial charge in [-0.15, -0.1) is 0 Å². The summed E-state index contributed by atoms with van der Waals surface area (Å²) < 4.78 is 0. The Morgan fingerprint density at radius 1 is 0.610 bits per heavy atom. The average Bonchev–Trinajstić information content (AvgIpc) is 3.00. The number of nitrogens with zero attached hydrogens (tertiary/aromatic N) is 6. The lowest BCUT2D eigenvalue weighted by molar-refractivity contribution is -0.406. The third-order valence-corrected chi connectivity index (χ3v) is 8.79. The average molecular weight is 555 g/mol. The molecule has 0 amide bonds. The zero-order chi connectivity index (χ0) is 28.5. The van der Waals surface area contributed by atoms with Crippen molar-refractivity contribution in [2.75, 3.05) is 26.3 Å². The molecule has 4 N–H and O–H groups in total. The highest BCUT2D eigenvalue weighted by atomic mass is 16.5. The Morgan fingerprint density at radius 3 is 1.44 bits per heavy atom. The van der Waals surface area contributed by atoms with Gasteiger partial charge < -0.3 is 20.4 Å². The van der Waals surface area contributed by atoms with E-state index in [1.807, 2.05) is 65.6 Å². The Morgan fingerprint density at radius 2 is 1.05 bits per heavy atom. The molecule has 0 aromatic carbocycles. The molecule has 212 valence electrons. The second-order valence-electron chi connectivity index (χ2n) is 11.1. The monoisotopic (exact) mass is 554 g/mol. The maximum atomic E-state index is 12.4. The molecular weight excluding hydrogens is 520 g/mol. The molecule has 0 saturated carbocycles. The third-order valence-electron chi connectivity index (χ3n) is 8.79. The Labute approximate surface area is 238 Å². The van der Waals surface area contributed by atoms with E-state index in [-0.39, 0.29) is 13.1 Å². The molecule has 2 aliphatic heterocycles. The molecule has 2 aliphatic rings. The van der Waals surface area contributed by atoms with Gasteiger partial charge in [0.1, 0.15) is 0 Å². The van der Waals surface area contributed by atoms with Crippen molar-refractivity contribution in [2.45, 2.75) is 31.0 Å². The van der Waals surface area contributed by atoms with Crippen molar-refractivity contribution in [3.8, 4) is 0 Å². The van der Waals surface area contributed by atoms with Gasteiger partial charge in [-0.1, -0.05) is 24.3 Å². The molecule has 2 bridgehead atoms. The van der Waals surface area contributed by atoms with Crippen LogP contribution in [0.15, 0.2) is 97.6 Å². The summed E-state index contributed by atoms with van der Waals surface area (Å²) in [6.45, 7) is -0.230. The van der Waals surface area contributed by atoms with Crippen LogP contribution in [-0.2, 0) is 13.1 Å².